The number of carboxylic acid groups (broad SMARTS) is 1. The topological polar surface area (TPSA) is 78.9 Å². The molecule has 4 rings (SSSR count). The largest absolute Gasteiger partial charge is 0.490 e. The number of hydrogen-bond acceptors (Lipinski definition) is 4. The molecule has 172 valence electrons. The number of rotatable bonds is 5. The Hall–Kier alpha value is -2.20. The summed E-state index contributed by atoms with van der Waals surface area (Å²) in [4.78, 5) is 23.5. The molecule has 0 aromatic heterocycles. The summed E-state index contributed by atoms with van der Waals surface area (Å²) in [5.74, 6) is -1.40. The Kier molecular flexibility index (Phi) is 7.53. The molecule has 3 aliphatic rings. The molecule has 2 aliphatic heterocycles. The van der Waals surface area contributed by atoms with Crippen LogP contribution in [-0.2, 0) is 20.9 Å². The van der Waals surface area contributed by atoms with Crippen LogP contribution in [0.3, 0.4) is 0 Å². The first-order valence-corrected chi connectivity index (χ1v) is 10.3. The van der Waals surface area contributed by atoms with E-state index in [0.717, 1.165) is 44.6 Å². The highest BCUT2D eigenvalue weighted by molar-refractivity contribution is 5.76. The Morgan fingerprint density at radius 3 is 2.35 bits per heavy atom. The van der Waals surface area contributed by atoms with Gasteiger partial charge in [-0.25, -0.2) is 9.18 Å². The van der Waals surface area contributed by atoms with E-state index in [1.54, 1.807) is 0 Å². The molecule has 1 aromatic carbocycles. The molecule has 1 aliphatic carbocycles. The minimum atomic E-state index is -5.08. The Labute approximate surface area is 177 Å². The molecule has 6 nitrogen and oxygen atoms in total. The molecule has 3 atom stereocenters. The Bertz CT molecular complexity index is 768. The first kappa shape index (κ1) is 23.5. The molecule has 10 heteroatoms. The third-order valence-corrected chi connectivity index (χ3v) is 5.79. The number of carbonyl (C=O) groups is 2. The van der Waals surface area contributed by atoms with Gasteiger partial charge in [0.15, 0.2) is 0 Å². The Balaban J connectivity index is 0.000000339. The van der Waals surface area contributed by atoms with Gasteiger partial charge in [0.05, 0.1) is 13.2 Å². The van der Waals surface area contributed by atoms with Crippen LogP contribution in [0.2, 0.25) is 0 Å². The van der Waals surface area contributed by atoms with Crippen LogP contribution < -0.4 is 5.32 Å². The molecule has 0 bridgehead atoms. The number of nitrogens with one attached hydrogen (secondary N) is 1. The van der Waals surface area contributed by atoms with Crippen molar-refractivity contribution in [3.05, 3.63) is 35.6 Å². The first-order valence-electron chi connectivity index (χ1n) is 10.3. The smallest absolute Gasteiger partial charge is 0.475 e. The van der Waals surface area contributed by atoms with Crippen LogP contribution in [0.25, 0.3) is 0 Å². The third kappa shape index (κ3) is 7.17. The van der Waals surface area contributed by atoms with Gasteiger partial charge in [0.1, 0.15) is 5.82 Å². The van der Waals surface area contributed by atoms with E-state index in [4.69, 9.17) is 14.6 Å². The van der Waals surface area contributed by atoms with Crippen LogP contribution >= 0.6 is 0 Å². The summed E-state index contributed by atoms with van der Waals surface area (Å²) < 4.78 is 50.6. The number of carboxylic acids is 1. The van der Waals surface area contributed by atoms with Crippen molar-refractivity contribution in [2.75, 3.05) is 26.3 Å². The average molecular weight is 446 g/mol. The molecule has 1 amide bonds. The maximum absolute atomic E-state index is 13.0. The molecule has 1 saturated carbocycles. The lowest BCUT2D eigenvalue weighted by Crippen LogP contribution is -2.38. The van der Waals surface area contributed by atoms with Gasteiger partial charge in [-0.15, -0.1) is 0 Å². The SMILES string of the molecule is O=C(C[C@@H]1COC[C@H]2CN(Cc3ccc(F)cc3)C[C@@H]12)NC1CC1.O=C(O)C(F)(F)F. The lowest BCUT2D eigenvalue weighted by molar-refractivity contribution is -0.192. The summed E-state index contributed by atoms with van der Waals surface area (Å²) in [6, 6.07) is 7.18. The summed E-state index contributed by atoms with van der Waals surface area (Å²) in [6.07, 6.45) is -2.24. The van der Waals surface area contributed by atoms with Gasteiger partial charge < -0.3 is 15.2 Å². The maximum atomic E-state index is 13.0. The van der Waals surface area contributed by atoms with E-state index in [1.165, 1.54) is 12.1 Å². The van der Waals surface area contributed by atoms with E-state index in [2.05, 4.69) is 10.2 Å². The molecule has 0 unspecified atom stereocenters. The number of nitrogens with zero attached hydrogens (tertiary/aromatic N) is 1. The second-order valence-electron chi connectivity index (χ2n) is 8.39. The summed E-state index contributed by atoms with van der Waals surface area (Å²) in [5, 5.41) is 10.2. The lowest BCUT2D eigenvalue weighted by Gasteiger charge is -2.32. The number of fused-ring (bicyclic) bond motifs is 1. The molecule has 1 aromatic rings. The number of alkyl halides is 3. The summed E-state index contributed by atoms with van der Waals surface area (Å²) >= 11 is 0. The second-order valence-corrected chi connectivity index (χ2v) is 8.39. The number of amides is 1. The normalized spacial score (nSPS) is 25.9. The van der Waals surface area contributed by atoms with Crippen molar-refractivity contribution < 1.29 is 37.0 Å². The zero-order valence-corrected chi connectivity index (χ0v) is 16.9. The zero-order chi connectivity index (χ0) is 22.6. The molecule has 31 heavy (non-hydrogen) atoms. The van der Waals surface area contributed by atoms with E-state index in [0.29, 0.717) is 36.8 Å². The maximum Gasteiger partial charge on any atom is 0.490 e. The van der Waals surface area contributed by atoms with Crippen molar-refractivity contribution in [1.82, 2.24) is 10.2 Å². The molecule has 0 radical (unpaired) electrons. The molecule has 3 fully saturated rings. The van der Waals surface area contributed by atoms with Gasteiger partial charge in [0.2, 0.25) is 5.91 Å². The molecular formula is C21H26F4N2O4. The fourth-order valence-corrected chi connectivity index (χ4v) is 4.13. The van der Waals surface area contributed by atoms with Crippen LogP contribution in [0.15, 0.2) is 24.3 Å². The predicted molar refractivity (Wildman–Crippen MR) is 102 cm³/mol. The quantitative estimate of drug-likeness (QED) is 0.681. The monoisotopic (exact) mass is 446 g/mol. The number of likely N-dealkylation sites (tertiary alicyclic amines) is 1. The zero-order valence-electron chi connectivity index (χ0n) is 16.9. The van der Waals surface area contributed by atoms with Crippen molar-refractivity contribution in [1.29, 1.82) is 0 Å². The van der Waals surface area contributed by atoms with Crippen LogP contribution in [0.4, 0.5) is 17.6 Å². The molecule has 2 saturated heterocycles. The summed E-state index contributed by atoms with van der Waals surface area (Å²) in [7, 11) is 0. The van der Waals surface area contributed by atoms with Gasteiger partial charge in [0.25, 0.3) is 0 Å². The Morgan fingerprint density at radius 2 is 1.77 bits per heavy atom. The van der Waals surface area contributed by atoms with E-state index >= 15 is 0 Å². The highest BCUT2D eigenvalue weighted by Crippen LogP contribution is 2.36. The third-order valence-electron chi connectivity index (χ3n) is 5.79. The highest BCUT2D eigenvalue weighted by atomic mass is 19.4. The van der Waals surface area contributed by atoms with E-state index in [9.17, 15) is 22.4 Å². The van der Waals surface area contributed by atoms with Crippen molar-refractivity contribution in [3.63, 3.8) is 0 Å². The highest BCUT2D eigenvalue weighted by Gasteiger charge is 2.42. The number of ether oxygens (including phenoxy) is 1. The first-order chi connectivity index (χ1) is 14.6. The lowest BCUT2D eigenvalue weighted by atomic mass is 9.81. The minimum absolute atomic E-state index is 0.184. The van der Waals surface area contributed by atoms with Gasteiger partial charge >= 0.3 is 12.1 Å². The van der Waals surface area contributed by atoms with Gasteiger partial charge in [0, 0.05) is 32.1 Å². The predicted octanol–water partition coefficient (Wildman–Crippen LogP) is 2.82. The van der Waals surface area contributed by atoms with Crippen LogP contribution in [-0.4, -0.2) is 60.4 Å². The van der Waals surface area contributed by atoms with Gasteiger partial charge in [-0.2, -0.15) is 13.2 Å². The Morgan fingerprint density at radius 1 is 1.13 bits per heavy atom. The van der Waals surface area contributed by atoms with E-state index in [-0.39, 0.29) is 11.7 Å². The van der Waals surface area contributed by atoms with Crippen molar-refractivity contribution in [2.45, 2.75) is 38.0 Å². The molecule has 2 N–H and O–H groups in total. The molecule has 0 spiro atoms. The van der Waals surface area contributed by atoms with Crippen LogP contribution in [0.1, 0.15) is 24.8 Å². The second kappa shape index (κ2) is 9.95. The summed E-state index contributed by atoms with van der Waals surface area (Å²) in [5.41, 5.74) is 1.14. The van der Waals surface area contributed by atoms with Gasteiger partial charge in [-0.1, -0.05) is 12.1 Å². The minimum Gasteiger partial charge on any atom is -0.475 e. The van der Waals surface area contributed by atoms with Crippen LogP contribution in [0, 0.1) is 23.6 Å². The van der Waals surface area contributed by atoms with Gasteiger partial charge in [-0.3, -0.25) is 9.69 Å². The fourth-order valence-electron chi connectivity index (χ4n) is 4.13. The van der Waals surface area contributed by atoms with Gasteiger partial charge in [-0.05, 0) is 48.3 Å². The molecular weight excluding hydrogens is 420 g/mol. The number of benzene rings is 1. The standard InChI is InChI=1S/C19H25FN2O2.C2HF3O2/c20-16-3-1-13(2-4-16)8-22-9-15-12-24-11-14(18(15)10-22)7-19(23)21-17-5-6-17;3-2(4,5)1(6)7/h1-4,14-15,17-18H,5-12H2,(H,21,23);(H,6,7)/t14-,15-,18+;/m1./s1. The molecule has 2 heterocycles. The number of carbonyl (C=O) groups excluding carboxylic acids is 1. The number of halogens is 4. The van der Waals surface area contributed by atoms with Crippen LogP contribution in [0.5, 0.6) is 0 Å². The number of hydrogen-bond donors (Lipinski definition) is 2. The van der Waals surface area contributed by atoms with Crippen molar-refractivity contribution in [3.8, 4) is 0 Å². The van der Waals surface area contributed by atoms with E-state index < -0.39 is 12.1 Å². The van der Waals surface area contributed by atoms with E-state index in [1.807, 2.05) is 12.1 Å². The number of aliphatic carboxylic acids is 1. The average Bonchev–Trinajstić information content (AvgIpc) is 3.39. The fraction of sp³-hybridized carbons (Fsp3) is 0.619. The van der Waals surface area contributed by atoms with Crippen molar-refractivity contribution in [2.24, 2.45) is 17.8 Å². The summed E-state index contributed by atoms with van der Waals surface area (Å²) in [6.45, 7) is 4.35. The van der Waals surface area contributed by atoms with Crippen molar-refractivity contribution >= 4 is 11.9 Å².